The van der Waals surface area contributed by atoms with Crippen molar-refractivity contribution in [2.75, 3.05) is 45.1 Å². The van der Waals surface area contributed by atoms with Gasteiger partial charge in [0.15, 0.2) is 0 Å². The molecule has 8 nitrogen and oxygen atoms in total. The number of nitrogens with one attached hydrogen (secondary N) is 1. The number of carbonyl (C=O) groups is 2. The van der Waals surface area contributed by atoms with Crippen molar-refractivity contribution in [3.63, 3.8) is 0 Å². The first-order valence-corrected chi connectivity index (χ1v) is 12.4. The minimum atomic E-state index is -3.82. The summed E-state index contributed by atoms with van der Waals surface area (Å²) in [5.74, 6) is -0.461. The Balaban J connectivity index is 1.53. The van der Waals surface area contributed by atoms with Crippen LogP contribution in [-0.2, 0) is 26.2 Å². The largest absolute Gasteiger partial charge is 0.339 e. The van der Waals surface area contributed by atoms with E-state index in [0.29, 0.717) is 18.8 Å². The van der Waals surface area contributed by atoms with Crippen molar-refractivity contribution >= 4 is 50.5 Å². The molecular weight excluding hydrogens is 460 g/mol. The second kappa shape index (κ2) is 10.1. The van der Waals surface area contributed by atoms with Gasteiger partial charge in [0.1, 0.15) is 0 Å². The second-order valence-corrected chi connectivity index (χ2v) is 11.2. The first-order chi connectivity index (χ1) is 14.6. The Morgan fingerprint density at radius 1 is 1.10 bits per heavy atom. The third kappa shape index (κ3) is 6.27. The summed E-state index contributed by atoms with van der Waals surface area (Å²) in [4.78, 5) is 29.0. The number of rotatable bonds is 7. The number of hydrogen-bond acceptors (Lipinski definition) is 6. The first kappa shape index (κ1) is 23.7. The Morgan fingerprint density at radius 3 is 2.29 bits per heavy atom. The molecule has 2 heterocycles. The van der Waals surface area contributed by atoms with E-state index >= 15 is 0 Å². The quantitative estimate of drug-likeness (QED) is 0.651. The minimum Gasteiger partial charge on any atom is -0.339 e. The number of carbonyl (C=O) groups excluding carboxylic acids is 2. The van der Waals surface area contributed by atoms with Gasteiger partial charge in [0.2, 0.25) is 21.8 Å². The molecular formula is C20H25ClN4O4S2. The number of sulfonamides is 1. The molecule has 0 unspecified atom stereocenters. The fraction of sp³-hybridized carbons (Fsp3) is 0.400. The summed E-state index contributed by atoms with van der Waals surface area (Å²) < 4.78 is 27.4. The van der Waals surface area contributed by atoms with Crippen LogP contribution in [0.5, 0.6) is 0 Å². The summed E-state index contributed by atoms with van der Waals surface area (Å²) in [7, 11) is -2.42. The topological polar surface area (TPSA) is 90.0 Å². The third-order valence-electron chi connectivity index (χ3n) is 4.97. The highest BCUT2D eigenvalue weighted by Crippen LogP contribution is 2.23. The Morgan fingerprint density at radius 2 is 1.74 bits per heavy atom. The van der Waals surface area contributed by atoms with Crippen molar-refractivity contribution in [2.24, 2.45) is 0 Å². The van der Waals surface area contributed by atoms with E-state index in [4.69, 9.17) is 11.6 Å². The number of amides is 2. The SMILES string of the molecule is CC(=O)Nc1ccc(S(=O)(=O)N(C)CC(=O)N2CCN(Cc3ccc(Cl)s3)CC2)cc1. The third-order valence-corrected chi connectivity index (χ3v) is 8.01. The average Bonchev–Trinajstić information content (AvgIpc) is 3.13. The standard InChI is InChI=1S/C20H25ClN4O4S2/c1-15(26)22-16-3-6-18(7-4-16)31(28,29)23(2)14-20(27)25-11-9-24(10-12-25)13-17-5-8-19(21)30-17/h3-8H,9-14H2,1-2H3,(H,22,26). The van der Waals surface area contributed by atoms with Gasteiger partial charge in [-0.05, 0) is 36.4 Å². The van der Waals surface area contributed by atoms with Crippen LogP contribution in [0.1, 0.15) is 11.8 Å². The first-order valence-electron chi connectivity index (χ1n) is 9.73. The van der Waals surface area contributed by atoms with Crippen LogP contribution in [0.25, 0.3) is 0 Å². The number of thiophene rings is 1. The molecule has 0 atom stereocenters. The molecule has 2 amide bonds. The van der Waals surface area contributed by atoms with Crippen LogP contribution in [-0.4, -0.2) is 74.1 Å². The van der Waals surface area contributed by atoms with E-state index in [1.165, 1.54) is 43.1 Å². The molecule has 0 bridgehead atoms. The molecule has 1 aromatic carbocycles. The van der Waals surface area contributed by atoms with E-state index in [1.807, 2.05) is 12.1 Å². The lowest BCUT2D eigenvalue weighted by molar-refractivity contribution is -0.133. The Hall–Kier alpha value is -1.98. The van der Waals surface area contributed by atoms with Crippen LogP contribution >= 0.6 is 22.9 Å². The summed E-state index contributed by atoms with van der Waals surface area (Å²) in [5, 5.41) is 2.59. The van der Waals surface area contributed by atoms with Crippen LogP contribution in [0, 0.1) is 0 Å². The molecule has 168 valence electrons. The number of anilines is 1. The van der Waals surface area contributed by atoms with E-state index in [2.05, 4.69) is 10.2 Å². The molecule has 11 heteroatoms. The molecule has 1 saturated heterocycles. The number of likely N-dealkylation sites (N-methyl/N-ethyl adjacent to an activating group) is 1. The highest BCUT2D eigenvalue weighted by atomic mass is 35.5. The molecule has 0 radical (unpaired) electrons. The van der Waals surface area contributed by atoms with Gasteiger partial charge in [-0.15, -0.1) is 11.3 Å². The van der Waals surface area contributed by atoms with E-state index in [9.17, 15) is 18.0 Å². The summed E-state index contributed by atoms with van der Waals surface area (Å²) in [6.45, 7) is 4.50. The lowest BCUT2D eigenvalue weighted by Crippen LogP contribution is -2.51. The molecule has 0 aliphatic carbocycles. The van der Waals surface area contributed by atoms with Gasteiger partial charge in [-0.1, -0.05) is 11.6 Å². The van der Waals surface area contributed by atoms with Crippen LogP contribution in [0.2, 0.25) is 4.34 Å². The molecule has 1 aromatic heterocycles. The normalized spacial score (nSPS) is 15.3. The fourth-order valence-corrected chi connectivity index (χ4v) is 5.53. The molecule has 1 fully saturated rings. The predicted octanol–water partition coefficient (Wildman–Crippen LogP) is 2.32. The molecule has 0 saturated carbocycles. The number of hydrogen-bond donors (Lipinski definition) is 1. The molecule has 0 spiro atoms. The van der Waals surface area contributed by atoms with Crippen molar-refractivity contribution in [2.45, 2.75) is 18.4 Å². The maximum atomic E-state index is 12.8. The number of nitrogens with zero attached hydrogens (tertiary/aromatic N) is 3. The number of halogens is 1. The lowest BCUT2D eigenvalue weighted by atomic mass is 10.3. The van der Waals surface area contributed by atoms with Gasteiger partial charge >= 0.3 is 0 Å². The van der Waals surface area contributed by atoms with Gasteiger partial charge in [0, 0.05) is 57.3 Å². The summed E-state index contributed by atoms with van der Waals surface area (Å²) in [6.07, 6.45) is 0. The van der Waals surface area contributed by atoms with Crippen molar-refractivity contribution in [3.8, 4) is 0 Å². The van der Waals surface area contributed by atoms with Gasteiger partial charge in [-0.2, -0.15) is 4.31 Å². The summed E-state index contributed by atoms with van der Waals surface area (Å²) >= 11 is 7.53. The highest BCUT2D eigenvalue weighted by Gasteiger charge is 2.27. The van der Waals surface area contributed by atoms with E-state index in [0.717, 1.165) is 28.3 Å². The molecule has 2 aromatic rings. The Bertz CT molecular complexity index is 1030. The van der Waals surface area contributed by atoms with E-state index in [-0.39, 0.29) is 23.3 Å². The zero-order valence-corrected chi connectivity index (χ0v) is 19.8. The number of benzene rings is 1. The fourth-order valence-electron chi connectivity index (χ4n) is 3.28. The van der Waals surface area contributed by atoms with Gasteiger partial charge < -0.3 is 10.2 Å². The highest BCUT2D eigenvalue weighted by molar-refractivity contribution is 7.89. The Kier molecular flexibility index (Phi) is 7.71. The zero-order chi connectivity index (χ0) is 22.6. The van der Waals surface area contributed by atoms with Crippen molar-refractivity contribution in [3.05, 3.63) is 45.6 Å². The average molecular weight is 485 g/mol. The lowest BCUT2D eigenvalue weighted by Gasteiger charge is -2.35. The second-order valence-electron chi connectivity index (χ2n) is 7.33. The molecule has 1 aliphatic rings. The Labute approximate surface area is 191 Å². The van der Waals surface area contributed by atoms with Crippen LogP contribution < -0.4 is 5.32 Å². The van der Waals surface area contributed by atoms with Gasteiger partial charge in [0.25, 0.3) is 0 Å². The minimum absolute atomic E-state index is 0.0660. The van der Waals surface area contributed by atoms with E-state index < -0.39 is 10.0 Å². The maximum absolute atomic E-state index is 12.8. The van der Waals surface area contributed by atoms with E-state index in [1.54, 1.807) is 16.2 Å². The monoisotopic (exact) mass is 484 g/mol. The molecule has 3 rings (SSSR count). The van der Waals surface area contributed by atoms with Gasteiger partial charge in [-0.3, -0.25) is 14.5 Å². The molecule has 31 heavy (non-hydrogen) atoms. The van der Waals surface area contributed by atoms with Crippen LogP contribution in [0.15, 0.2) is 41.3 Å². The smallest absolute Gasteiger partial charge is 0.243 e. The molecule has 1 N–H and O–H groups in total. The summed E-state index contributed by atoms with van der Waals surface area (Å²) in [5.41, 5.74) is 0.507. The summed E-state index contributed by atoms with van der Waals surface area (Å²) in [6, 6.07) is 9.75. The van der Waals surface area contributed by atoms with Crippen LogP contribution in [0.3, 0.4) is 0 Å². The zero-order valence-electron chi connectivity index (χ0n) is 17.4. The van der Waals surface area contributed by atoms with Crippen molar-refractivity contribution < 1.29 is 18.0 Å². The van der Waals surface area contributed by atoms with Crippen molar-refractivity contribution in [1.82, 2.24) is 14.1 Å². The van der Waals surface area contributed by atoms with Gasteiger partial charge in [-0.25, -0.2) is 8.42 Å². The van der Waals surface area contributed by atoms with Crippen molar-refractivity contribution in [1.29, 1.82) is 0 Å². The van der Waals surface area contributed by atoms with Crippen LogP contribution in [0.4, 0.5) is 5.69 Å². The molecule has 1 aliphatic heterocycles. The number of piperazine rings is 1. The maximum Gasteiger partial charge on any atom is 0.243 e. The predicted molar refractivity (Wildman–Crippen MR) is 122 cm³/mol. The van der Waals surface area contributed by atoms with Gasteiger partial charge in [0.05, 0.1) is 15.8 Å².